The molecule has 2 atom stereocenters. The minimum Gasteiger partial charge on any atom is -0.481 e. The normalized spacial score (nSPS) is 26.4. The molecule has 0 aromatic carbocycles. The monoisotopic (exact) mass is 326 g/mol. The fraction of sp³-hybridized carbons (Fsp3) is 0.882. The summed E-state index contributed by atoms with van der Waals surface area (Å²) in [6, 6.07) is 0.642. The van der Waals surface area contributed by atoms with Crippen LogP contribution in [0.5, 0.6) is 0 Å². The average Bonchev–Trinajstić information content (AvgIpc) is 2.31. The van der Waals surface area contributed by atoms with Gasteiger partial charge in [-0.2, -0.15) is 0 Å². The number of carboxylic acids is 1. The Hall–Kier alpha value is -1.30. The predicted molar refractivity (Wildman–Crippen MR) is 87.3 cm³/mol. The minimum absolute atomic E-state index is 0.0398. The maximum atomic E-state index is 12.0. The lowest BCUT2D eigenvalue weighted by Gasteiger charge is -2.45. The van der Waals surface area contributed by atoms with Gasteiger partial charge in [-0.15, -0.1) is 0 Å². The van der Waals surface area contributed by atoms with Gasteiger partial charge in [-0.1, -0.05) is 6.42 Å². The molecule has 0 aromatic rings. The van der Waals surface area contributed by atoms with Crippen molar-refractivity contribution >= 4 is 12.1 Å². The van der Waals surface area contributed by atoms with Gasteiger partial charge < -0.3 is 15.2 Å². The molecule has 6 nitrogen and oxygen atoms in total. The predicted octanol–water partition coefficient (Wildman–Crippen LogP) is 2.62. The van der Waals surface area contributed by atoms with Crippen LogP contribution in [0.3, 0.4) is 0 Å². The van der Waals surface area contributed by atoms with Crippen LogP contribution in [0.15, 0.2) is 0 Å². The number of piperidine rings is 1. The van der Waals surface area contributed by atoms with Gasteiger partial charge >= 0.3 is 12.1 Å². The van der Waals surface area contributed by atoms with Gasteiger partial charge in [-0.25, -0.2) is 4.79 Å². The van der Waals surface area contributed by atoms with E-state index in [-0.39, 0.29) is 18.6 Å². The summed E-state index contributed by atoms with van der Waals surface area (Å²) in [5.74, 6) is -0.428. The first kappa shape index (κ1) is 18.0. The van der Waals surface area contributed by atoms with Gasteiger partial charge in [0.1, 0.15) is 5.60 Å². The van der Waals surface area contributed by atoms with Gasteiger partial charge in [0.2, 0.25) is 0 Å². The van der Waals surface area contributed by atoms with E-state index in [0.717, 1.165) is 19.5 Å². The number of alkyl carbamates (subject to hydrolysis) is 1. The second kappa shape index (κ2) is 7.51. The van der Waals surface area contributed by atoms with E-state index in [2.05, 4.69) is 10.2 Å². The second-order valence-corrected chi connectivity index (χ2v) is 7.92. The van der Waals surface area contributed by atoms with Crippen molar-refractivity contribution in [2.24, 2.45) is 5.92 Å². The molecular weight excluding hydrogens is 296 g/mol. The summed E-state index contributed by atoms with van der Waals surface area (Å²) in [5.41, 5.74) is -0.505. The first-order valence-corrected chi connectivity index (χ1v) is 8.68. The fourth-order valence-corrected chi connectivity index (χ4v) is 3.41. The van der Waals surface area contributed by atoms with Crippen molar-refractivity contribution in [2.75, 3.05) is 13.1 Å². The highest BCUT2D eigenvalue weighted by atomic mass is 16.6. The summed E-state index contributed by atoms with van der Waals surface area (Å²) in [5, 5.41) is 11.9. The maximum absolute atomic E-state index is 12.0. The number of carbonyl (C=O) groups is 2. The maximum Gasteiger partial charge on any atom is 0.407 e. The van der Waals surface area contributed by atoms with E-state index < -0.39 is 11.6 Å². The molecule has 2 N–H and O–H groups in total. The number of amides is 1. The molecule has 2 fully saturated rings. The molecule has 1 aliphatic heterocycles. The summed E-state index contributed by atoms with van der Waals surface area (Å²) in [6.45, 7) is 7.34. The Morgan fingerprint density at radius 3 is 2.48 bits per heavy atom. The Bertz CT molecular complexity index is 429. The van der Waals surface area contributed by atoms with Crippen molar-refractivity contribution in [1.82, 2.24) is 10.2 Å². The molecule has 132 valence electrons. The number of likely N-dealkylation sites (tertiary alicyclic amines) is 1. The average molecular weight is 326 g/mol. The van der Waals surface area contributed by atoms with Crippen LogP contribution in [0.25, 0.3) is 0 Å². The Morgan fingerprint density at radius 2 is 1.96 bits per heavy atom. The van der Waals surface area contributed by atoms with Crippen molar-refractivity contribution in [1.29, 1.82) is 0 Å². The van der Waals surface area contributed by atoms with Crippen LogP contribution in [0.2, 0.25) is 0 Å². The van der Waals surface area contributed by atoms with Crippen molar-refractivity contribution in [3.05, 3.63) is 0 Å². The van der Waals surface area contributed by atoms with Crippen molar-refractivity contribution in [2.45, 2.75) is 77.0 Å². The molecule has 6 heteroatoms. The highest BCUT2D eigenvalue weighted by molar-refractivity contribution is 5.68. The highest BCUT2D eigenvalue weighted by Gasteiger charge is 2.34. The lowest BCUT2D eigenvalue weighted by molar-refractivity contribution is -0.137. The molecular formula is C17H30N2O4. The minimum atomic E-state index is -0.748. The van der Waals surface area contributed by atoms with E-state index in [4.69, 9.17) is 9.84 Å². The highest BCUT2D eigenvalue weighted by Crippen LogP contribution is 2.30. The van der Waals surface area contributed by atoms with Crippen LogP contribution in [-0.4, -0.2) is 52.8 Å². The zero-order chi connectivity index (χ0) is 17.0. The molecule has 2 rings (SSSR count). The summed E-state index contributed by atoms with van der Waals surface area (Å²) < 4.78 is 5.35. The van der Waals surface area contributed by atoms with E-state index in [9.17, 15) is 9.59 Å². The number of rotatable bonds is 5. The summed E-state index contributed by atoms with van der Waals surface area (Å²) >= 11 is 0. The molecule has 2 unspecified atom stereocenters. The van der Waals surface area contributed by atoms with E-state index in [1.54, 1.807) is 0 Å². The van der Waals surface area contributed by atoms with Gasteiger partial charge in [-0.3, -0.25) is 9.69 Å². The molecule has 1 saturated carbocycles. The zero-order valence-corrected chi connectivity index (χ0v) is 14.5. The van der Waals surface area contributed by atoms with Gasteiger partial charge in [0.25, 0.3) is 0 Å². The van der Waals surface area contributed by atoms with Crippen LogP contribution < -0.4 is 5.32 Å². The largest absolute Gasteiger partial charge is 0.481 e. The van der Waals surface area contributed by atoms with E-state index in [1.807, 2.05) is 20.8 Å². The third-order valence-electron chi connectivity index (χ3n) is 4.64. The standard InChI is InChI=1S/C17H30N2O4/c1-17(2,3)23-16(22)18-13-9-12(7-8-15(20)21)10-19(11-13)14-5-4-6-14/h12-14H,4-11H2,1-3H3,(H,18,22)(H,20,21). The first-order chi connectivity index (χ1) is 10.7. The number of aliphatic carboxylic acids is 1. The van der Waals surface area contributed by atoms with E-state index >= 15 is 0 Å². The Morgan fingerprint density at radius 1 is 1.26 bits per heavy atom. The smallest absolute Gasteiger partial charge is 0.407 e. The molecule has 0 aromatic heterocycles. The zero-order valence-electron chi connectivity index (χ0n) is 14.5. The van der Waals surface area contributed by atoms with Crippen LogP contribution >= 0.6 is 0 Å². The van der Waals surface area contributed by atoms with Crippen molar-refractivity contribution in [3.8, 4) is 0 Å². The molecule has 1 amide bonds. The molecule has 1 saturated heterocycles. The third-order valence-corrected chi connectivity index (χ3v) is 4.64. The Kier molecular flexibility index (Phi) is 5.89. The number of nitrogens with zero attached hydrogens (tertiary/aromatic N) is 1. The molecule has 2 aliphatic rings. The van der Waals surface area contributed by atoms with Gasteiger partial charge in [0.05, 0.1) is 0 Å². The fourth-order valence-electron chi connectivity index (χ4n) is 3.41. The Labute approximate surface area is 138 Å². The quantitative estimate of drug-likeness (QED) is 0.812. The number of nitrogens with one attached hydrogen (secondary N) is 1. The van der Waals surface area contributed by atoms with Crippen molar-refractivity contribution < 1.29 is 19.4 Å². The van der Waals surface area contributed by atoms with E-state index in [0.29, 0.717) is 18.4 Å². The SMILES string of the molecule is CC(C)(C)OC(=O)NC1CC(CCC(=O)O)CN(C2CCC2)C1. The lowest BCUT2D eigenvalue weighted by Crippen LogP contribution is -2.55. The Balaban J connectivity index is 1.90. The lowest BCUT2D eigenvalue weighted by atomic mass is 9.85. The van der Waals surface area contributed by atoms with Gasteiger partial charge in [-0.05, 0) is 52.4 Å². The molecule has 1 heterocycles. The number of carboxylic acid groups (broad SMARTS) is 1. The number of hydrogen-bond donors (Lipinski definition) is 2. The van der Waals surface area contributed by atoms with Crippen LogP contribution in [0.4, 0.5) is 4.79 Å². The number of ether oxygens (including phenoxy) is 1. The first-order valence-electron chi connectivity index (χ1n) is 8.68. The molecule has 0 bridgehead atoms. The van der Waals surface area contributed by atoms with Crippen LogP contribution in [0.1, 0.15) is 59.3 Å². The summed E-state index contributed by atoms with van der Waals surface area (Å²) in [4.78, 5) is 25.3. The second-order valence-electron chi connectivity index (χ2n) is 7.92. The summed E-state index contributed by atoms with van der Waals surface area (Å²) in [7, 11) is 0. The molecule has 0 spiro atoms. The van der Waals surface area contributed by atoms with E-state index in [1.165, 1.54) is 19.3 Å². The van der Waals surface area contributed by atoms with Gasteiger partial charge in [0, 0.05) is 31.6 Å². The third kappa shape index (κ3) is 6.01. The van der Waals surface area contributed by atoms with Crippen LogP contribution in [-0.2, 0) is 9.53 Å². The molecule has 23 heavy (non-hydrogen) atoms. The topological polar surface area (TPSA) is 78.9 Å². The van der Waals surface area contributed by atoms with Gasteiger partial charge in [0.15, 0.2) is 0 Å². The summed E-state index contributed by atoms with van der Waals surface area (Å²) in [6.07, 6.45) is 5.01. The van der Waals surface area contributed by atoms with Crippen LogP contribution in [0, 0.1) is 5.92 Å². The number of hydrogen-bond acceptors (Lipinski definition) is 4. The number of carbonyl (C=O) groups excluding carboxylic acids is 1. The van der Waals surface area contributed by atoms with Crippen molar-refractivity contribution in [3.63, 3.8) is 0 Å². The molecule has 0 radical (unpaired) electrons. The molecule has 1 aliphatic carbocycles.